The normalized spacial score (nSPS) is 12.2. The van der Waals surface area contributed by atoms with Crippen LogP contribution in [-0.4, -0.2) is 69.5 Å². The summed E-state index contributed by atoms with van der Waals surface area (Å²) in [6.07, 6.45) is 3.11. The predicted molar refractivity (Wildman–Crippen MR) is 143 cm³/mol. The fraction of sp³-hybridized carbons (Fsp3) is 0.483. The highest BCUT2D eigenvalue weighted by Gasteiger charge is 2.33. The van der Waals surface area contributed by atoms with Crippen molar-refractivity contribution >= 4 is 29.8 Å². The van der Waals surface area contributed by atoms with E-state index in [1.165, 1.54) is 13.8 Å². The van der Waals surface area contributed by atoms with Gasteiger partial charge in [0.15, 0.2) is 12.7 Å². The van der Waals surface area contributed by atoms with Gasteiger partial charge in [-0.2, -0.15) is 0 Å². The van der Waals surface area contributed by atoms with E-state index in [2.05, 4.69) is 6.58 Å². The van der Waals surface area contributed by atoms with Crippen molar-refractivity contribution in [2.45, 2.75) is 59.7 Å². The van der Waals surface area contributed by atoms with Gasteiger partial charge in [-0.15, -0.1) is 0 Å². The van der Waals surface area contributed by atoms with E-state index in [0.717, 1.165) is 16.7 Å². The lowest BCUT2D eigenvalue weighted by atomic mass is 9.94. The van der Waals surface area contributed by atoms with Crippen LogP contribution in [0.25, 0.3) is 0 Å². The molecule has 0 bridgehead atoms. The molecule has 0 unspecified atom stereocenters. The zero-order chi connectivity index (χ0) is 30.5. The second kappa shape index (κ2) is 16.0. The number of fused-ring (bicyclic) bond motifs is 1. The van der Waals surface area contributed by atoms with Gasteiger partial charge in [-0.3, -0.25) is 14.4 Å². The minimum atomic E-state index is -1.04. The number of cyclic esters (lactones) is 1. The van der Waals surface area contributed by atoms with Crippen LogP contribution in [0.15, 0.2) is 24.3 Å². The first-order valence-electron chi connectivity index (χ1n) is 12.9. The molecule has 0 atom stereocenters. The zero-order valence-electron chi connectivity index (χ0n) is 24.0. The summed E-state index contributed by atoms with van der Waals surface area (Å²) in [6.45, 7) is 8.75. The lowest BCUT2D eigenvalue weighted by Crippen LogP contribution is -2.32. The van der Waals surface area contributed by atoms with Crippen molar-refractivity contribution in [2.75, 3.05) is 33.5 Å². The van der Waals surface area contributed by atoms with Crippen LogP contribution < -0.4 is 9.47 Å². The summed E-state index contributed by atoms with van der Waals surface area (Å²) >= 11 is 0. The Hall–Kier alpha value is -4.35. The van der Waals surface area contributed by atoms with Gasteiger partial charge < -0.3 is 33.2 Å². The Morgan fingerprint density at radius 1 is 0.976 bits per heavy atom. The SMILES string of the molecule is C=CCOc1c(C/C=C(\C)CCC(=O)OCC(=O)OC(COC(C)=O)COC(C)=O)c(OC)c(C)c2c1C(=O)OC2. The molecular weight excluding hydrogens is 540 g/mol. The van der Waals surface area contributed by atoms with Gasteiger partial charge in [-0.1, -0.05) is 24.3 Å². The Bertz CT molecular complexity index is 1180. The molecule has 41 heavy (non-hydrogen) atoms. The molecule has 12 nitrogen and oxygen atoms in total. The third-order valence-electron chi connectivity index (χ3n) is 5.94. The number of hydrogen-bond donors (Lipinski definition) is 0. The van der Waals surface area contributed by atoms with Gasteiger partial charge in [-0.05, 0) is 32.3 Å². The molecule has 0 aromatic heterocycles. The summed E-state index contributed by atoms with van der Waals surface area (Å²) in [5.74, 6) is -2.21. The number of methoxy groups -OCH3 is 1. The Morgan fingerprint density at radius 3 is 2.22 bits per heavy atom. The van der Waals surface area contributed by atoms with Crippen molar-refractivity contribution in [1.29, 1.82) is 0 Å². The molecule has 1 heterocycles. The zero-order valence-corrected chi connectivity index (χ0v) is 24.0. The summed E-state index contributed by atoms with van der Waals surface area (Å²) in [5.41, 5.74) is 3.42. The molecule has 0 saturated carbocycles. The van der Waals surface area contributed by atoms with Crippen molar-refractivity contribution in [3.63, 3.8) is 0 Å². The summed E-state index contributed by atoms with van der Waals surface area (Å²) in [4.78, 5) is 58.8. The minimum Gasteiger partial charge on any atom is -0.496 e. The van der Waals surface area contributed by atoms with E-state index in [1.807, 2.05) is 19.9 Å². The molecule has 0 fully saturated rings. The topological polar surface area (TPSA) is 150 Å². The van der Waals surface area contributed by atoms with E-state index >= 15 is 0 Å². The Labute approximate surface area is 238 Å². The van der Waals surface area contributed by atoms with E-state index in [1.54, 1.807) is 13.2 Å². The van der Waals surface area contributed by atoms with Crippen molar-refractivity contribution in [3.05, 3.63) is 46.6 Å². The maximum atomic E-state index is 12.4. The number of allylic oxidation sites excluding steroid dienone is 2. The van der Waals surface area contributed by atoms with Crippen LogP contribution in [0.3, 0.4) is 0 Å². The lowest BCUT2D eigenvalue weighted by Gasteiger charge is -2.19. The Balaban J connectivity index is 1.98. The van der Waals surface area contributed by atoms with E-state index in [-0.39, 0.29) is 32.8 Å². The molecular formula is C29H36O12. The van der Waals surface area contributed by atoms with Gasteiger partial charge in [0.2, 0.25) is 0 Å². The fourth-order valence-electron chi connectivity index (χ4n) is 3.96. The third-order valence-corrected chi connectivity index (χ3v) is 5.94. The fourth-order valence-corrected chi connectivity index (χ4v) is 3.96. The molecule has 224 valence electrons. The second-order valence-electron chi connectivity index (χ2n) is 9.13. The molecule has 1 aliphatic rings. The van der Waals surface area contributed by atoms with E-state index in [9.17, 15) is 24.0 Å². The van der Waals surface area contributed by atoms with Gasteiger partial charge in [0.1, 0.15) is 43.5 Å². The van der Waals surface area contributed by atoms with Crippen LogP contribution in [0.2, 0.25) is 0 Å². The molecule has 12 heteroatoms. The van der Waals surface area contributed by atoms with E-state index < -0.39 is 42.6 Å². The average molecular weight is 577 g/mol. The highest BCUT2D eigenvalue weighted by Crippen LogP contribution is 2.42. The van der Waals surface area contributed by atoms with Gasteiger partial charge >= 0.3 is 29.8 Å². The quantitative estimate of drug-likeness (QED) is 0.162. The van der Waals surface area contributed by atoms with Crippen LogP contribution in [0.5, 0.6) is 11.5 Å². The molecule has 0 amide bonds. The molecule has 0 spiro atoms. The minimum absolute atomic E-state index is 0.00751. The predicted octanol–water partition coefficient (Wildman–Crippen LogP) is 3.09. The van der Waals surface area contributed by atoms with Gasteiger partial charge in [0.25, 0.3) is 0 Å². The van der Waals surface area contributed by atoms with Gasteiger partial charge in [-0.25, -0.2) is 9.59 Å². The van der Waals surface area contributed by atoms with Gasteiger partial charge in [0, 0.05) is 31.4 Å². The van der Waals surface area contributed by atoms with Crippen molar-refractivity contribution in [1.82, 2.24) is 0 Å². The summed E-state index contributed by atoms with van der Waals surface area (Å²) in [7, 11) is 1.54. The van der Waals surface area contributed by atoms with Crippen LogP contribution in [0, 0.1) is 6.92 Å². The smallest absolute Gasteiger partial charge is 0.344 e. The van der Waals surface area contributed by atoms with Gasteiger partial charge in [0.05, 0.1) is 7.11 Å². The van der Waals surface area contributed by atoms with E-state index in [0.29, 0.717) is 35.5 Å². The Kier molecular flexibility index (Phi) is 12.9. The molecule has 2 rings (SSSR count). The molecule has 1 aromatic rings. The number of benzene rings is 1. The second-order valence-corrected chi connectivity index (χ2v) is 9.13. The summed E-state index contributed by atoms with van der Waals surface area (Å²) in [5, 5.41) is 0. The first-order chi connectivity index (χ1) is 19.5. The number of rotatable bonds is 16. The van der Waals surface area contributed by atoms with Crippen LogP contribution in [-0.2, 0) is 55.9 Å². The largest absolute Gasteiger partial charge is 0.496 e. The van der Waals surface area contributed by atoms with E-state index in [4.69, 9.17) is 33.2 Å². The van der Waals surface area contributed by atoms with Crippen LogP contribution in [0.1, 0.15) is 60.7 Å². The Morgan fingerprint density at radius 2 is 1.63 bits per heavy atom. The van der Waals surface area contributed by atoms with Crippen molar-refractivity contribution < 1.29 is 57.1 Å². The number of esters is 5. The molecule has 1 aliphatic heterocycles. The number of carbonyl (C=O) groups is 5. The van der Waals surface area contributed by atoms with Crippen molar-refractivity contribution in [3.8, 4) is 11.5 Å². The standard InChI is InChI=1S/C29H36O12/c1-7-12-36-28-22(27(35-6)18(3)23-15-40-29(34)26(23)28)10-8-17(2)9-11-24(32)39-16-25(33)41-21(13-37-19(4)30)14-38-20(5)31/h7-8,21H,1,9-16H2,2-6H3/b17-8+. The third kappa shape index (κ3) is 9.96. The monoisotopic (exact) mass is 576 g/mol. The number of ether oxygens (including phenoxy) is 7. The summed E-state index contributed by atoms with van der Waals surface area (Å²) < 4.78 is 36.4. The molecule has 0 N–H and O–H groups in total. The highest BCUT2D eigenvalue weighted by molar-refractivity contribution is 5.98. The number of hydrogen-bond acceptors (Lipinski definition) is 12. The van der Waals surface area contributed by atoms with Crippen LogP contribution >= 0.6 is 0 Å². The molecule has 0 aliphatic carbocycles. The first-order valence-corrected chi connectivity index (χ1v) is 12.9. The molecule has 0 saturated heterocycles. The first kappa shape index (κ1) is 32.9. The maximum absolute atomic E-state index is 12.4. The average Bonchev–Trinajstić information content (AvgIpc) is 3.32. The number of carbonyl (C=O) groups excluding carboxylic acids is 5. The van der Waals surface area contributed by atoms with Crippen LogP contribution in [0.4, 0.5) is 0 Å². The highest BCUT2D eigenvalue weighted by atomic mass is 16.6. The molecule has 0 radical (unpaired) electrons. The maximum Gasteiger partial charge on any atom is 0.344 e. The molecule has 1 aromatic carbocycles. The van der Waals surface area contributed by atoms with Crippen molar-refractivity contribution in [2.24, 2.45) is 0 Å². The lowest BCUT2D eigenvalue weighted by molar-refractivity contribution is -0.171. The summed E-state index contributed by atoms with van der Waals surface area (Å²) in [6, 6.07) is 0.